The van der Waals surface area contributed by atoms with Crippen molar-refractivity contribution in [2.24, 2.45) is 11.8 Å². The summed E-state index contributed by atoms with van der Waals surface area (Å²) in [6.07, 6.45) is -2.82. The number of alkyl halides is 4. The SMILES string of the molecule is COC(C1CCC(CBr)CC1)C(F)(F)F. The highest BCUT2D eigenvalue weighted by Gasteiger charge is 2.45. The third kappa shape index (κ3) is 3.63. The first kappa shape index (κ1) is 13.3. The molecule has 0 heterocycles. The van der Waals surface area contributed by atoms with Gasteiger partial charge in [0.25, 0.3) is 0 Å². The van der Waals surface area contributed by atoms with Crippen LogP contribution in [0.15, 0.2) is 0 Å². The molecule has 90 valence electrons. The van der Waals surface area contributed by atoms with E-state index in [9.17, 15) is 13.2 Å². The van der Waals surface area contributed by atoms with E-state index in [1.54, 1.807) is 0 Å². The molecule has 0 aromatic heterocycles. The highest BCUT2D eigenvalue weighted by atomic mass is 79.9. The second kappa shape index (κ2) is 5.53. The van der Waals surface area contributed by atoms with Crippen molar-refractivity contribution in [3.63, 3.8) is 0 Å². The Bertz CT molecular complexity index is 188. The minimum absolute atomic E-state index is 0.356. The van der Waals surface area contributed by atoms with Crippen LogP contribution in [0.5, 0.6) is 0 Å². The molecule has 0 bridgehead atoms. The van der Waals surface area contributed by atoms with Crippen molar-refractivity contribution >= 4 is 15.9 Å². The third-order valence-corrected chi connectivity index (χ3v) is 4.03. The largest absolute Gasteiger partial charge is 0.414 e. The summed E-state index contributed by atoms with van der Waals surface area (Å²) >= 11 is 3.37. The lowest BCUT2D eigenvalue weighted by atomic mass is 9.80. The Morgan fingerprint density at radius 1 is 1.27 bits per heavy atom. The molecule has 0 saturated heterocycles. The Labute approximate surface area is 96.5 Å². The number of rotatable bonds is 3. The van der Waals surface area contributed by atoms with E-state index in [4.69, 9.17) is 0 Å². The van der Waals surface area contributed by atoms with Gasteiger partial charge in [0, 0.05) is 12.4 Å². The first-order valence-corrected chi connectivity index (χ1v) is 6.26. The number of hydrogen-bond acceptors (Lipinski definition) is 1. The quantitative estimate of drug-likeness (QED) is 0.719. The van der Waals surface area contributed by atoms with Crippen molar-refractivity contribution in [1.82, 2.24) is 0 Å². The molecule has 0 N–H and O–H groups in total. The van der Waals surface area contributed by atoms with Crippen molar-refractivity contribution < 1.29 is 17.9 Å². The van der Waals surface area contributed by atoms with Crippen LogP contribution in [0.1, 0.15) is 25.7 Å². The van der Waals surface area contributed by atoms with E-state index in [2.05, 4.69) is 20.7 Å². The Morgan fingerprint density at radius 2 is 1.80 bits per heavy atom. The van der Waals surface area contributed by atoms with Gasteiger partial charge in [0.15, 0.2) is 6.10 Å². The summed E-state index contributed by atoms with van der Waals surface area (Å²) in [5, 5.41) is 0.892. The summed E-state index contributed by atoms with van der Waals surface area (Å²) in [7, 11) is 1.15. The van der Waals surface area contributed by atoms with E-state index in [1.165, 1.54) is 0 Å². The molecule has 5 heteroatoms. The predicted octanol–water partition coefficient (Wildman–Crippen LogP) is 3.77. The fourth-order valence-electron chi connectivity index (χ4n) is 2.24. The van der Waals surface area contributed by atoms with Crippen LogP contribution in [0.3, 0.4) is 0 Å². The van der Waals surface area contributed by atoms with Gasteiger partial charge in [-0.05, 0) is 37.5 Å². The highest BCUT2D eigenvalue weighted by molar-refractivity contribution is 9.09. The third-order valence-electron chi connectivity index (χ3n) is 3.11. The molecular weight excluding hydrogens is 273 g/mol. The van der Waals surface area contributed by atoms with E-state index in [0.717, 1.165) is 25.3 Å². The first-order chi connectivity index (χ1) is 6.99. The molecule has 0 aliphatic heterocycles. The summed E-state index contributed by atoms with van der Waals surface area (Å²) < 4.78 is 42.2. The highest BCUT2D eigenvalue weighted by Crippen LogP contribution is 2.38. The Hall–Kier alpha value is 0.230. The van der Waals surface area contributed by atoms with E-state index >= 15 is 0 Å². The fourth-order valence-corrected chi connectivity index (χ4v) is 2.89. The first-order valence-electron chi connectivity index (χ1n) is 5.14. The second-order valence-electron chi connectivity index (χ2n) is 4.13. The van der Waals surface area contributed by atoms with Gasteiger partial charge in [-0.15, -0.1) is 0 Å². The van der Waals surface area contributed by atoms with Gasteiger partial charge in [-0.25, -0.2) is 0 Å². The van der Waals surface area contributed by atoms with E-state index in [1.807, 2.05) is 0 Å². The molecule has 0 aromatic rings. The molecule has 1 saturated carbocycles. The lowest BCUT2D eigenvalue weighted by Crippen LogP contribution is -2.39. The fraction of sp³-hybridized carbons (Fsp3) is 1.00. The van der Waals surface area contributed by atoms with Crippen LogP contribution in [0.4, 0.5) is 13.2 Å². The zero-order chi connectivity index (χ0) is 11.5. The minimum Gasteiger partial charge on any atom is -0.372 e. The standard InChI is InChI=1S/C10H16BrF3O/c1-15-9(10(12,13)14)8-4-2-7(6-11)3-5-8/h7-9H,2-6H2,1H3. The van der Waals surface area contributed by atoms with Crippen molar-refractivity contribution in [3.05, 3.63) is 0 Å². The summed E-state index contributed by atoms with van der Waals surface area (Å²) in [4.78, 5) is 0. The normalized spacial score (nSPS) is 30.2. The van der Waals surface area contributed by atoms with Gasteiger partial charge in [0.1, 0.15) is 0 Å². The predicted molar refractivity (Wildman–Crippen MR) is 56.1 cm³/mol. The van der Waals surface area contributed by atoms with Crippen LogP contribution in [-0.2, 0) is 4.74 Å². The molecule has 0 spiro atoms. The minimum atomic E-state index is -4.22. The van der Waals surface area contributed by atoms with Gasteiger partial charge < -0.3 is 4.74 Å². The second-order valence-corrected chi connectivity index (χ2v) is 4.78. The van der Waals surface area contributed by atoms with Gasteiger partial charge in [-0.1, -0.05) is 15.9 Å². The zero-order valence-electron chi connectivity index (χ0n) is 8.69. The van der Waals surface area contributed by atoms with Gasteiger partial charge in [-0.2, -0.15) is 13.2 Å². The van der Waals surface area contributed by atoms with Crippen LogP contribution in [0, 0.1) is 11.8 Å². The molecule has 0 radical (unpaired) electrons. The summed E-state index contributed by atoms with van der Waals surface area (Å²) in [6, 6.07) is 0. The van der Waals surface area contributed by atoms with Gasteiger partial charge in [-0.3, -0.25) is 0 Å². The molecular formula is C10H16BrF3O. The molecule has 0 aromatic carbocycles. The van der Waals surface area contributed by atoms with Crippen LogP contribution in [0.2, 0.25) is 0 Å². The molecule has 1 aliphatic carbocycles. The number of ether oxygens (including phenoxy) is 1. The molecule has 1 aliphatic rings. The molecule has 15 heavy (non-hydrogen) atoms. The number of hydrogen-bond donors (Lipinski definition) is 0. The molecule has 1 atom stereocenters. The van der Waals surface area contributed by atoms with Crippen LogP contribution >= 0.6 is 15.9 Å². The van der Waals surface area contributed by atoms with Gasteiger partial charge in [0.2, 0.25) is 0 Å². The Morgan fingerprint density at radius 3 is 2.13 bits per heavy atom. The average molecular weight is 289 g/mol. The van der Waals surface area contributed by atoms with E-state index < -0.39 is 12.3 Å². The van der Waals surface area contributed by atoms with E-state index in [0.29, 0.717) is 18.8 Å². The van der Waals surface area contributed by atoms with Crippen LogP contribution < -0.4 is 0 Å². The van der Waals surface area contributed by atoms with E-state index in [-0.39, 0.29) is 5.92 Å². The summed E-state index contributed by atoms with van der Waals surface area (Å²) in [5.41, 5.74) is 0. The molecule has 1 fully saturated rings. The maximum Gasteiger partial charge on any atom is 0.414 e. The zero-order valence-corrected chi connectivity index (χ0v) is 10.3. The average Bonchev–Trinajstić information content (AvgIpc) is 2.18. The Balaban J connectivity index is 2.50. The van der Waals surface area contributed by atoms with Crippen LogP contribution in [0.25, 0.3) is 0 Å². The number of halogens is 4. The molecule has 0 amide bonds. The smallest absolute Gasteiger partial charge is 0.372 e. The molecule has 1 nitrogen and oxygen atoms in total. The van der Waals surface area contributed by atoms with Crippen molar-refractivity contribution in [3.8, 4) is 0 Å². The van der Waals surface area contributed by atoms with Crippen molar-refractivity contribution in [1.29, 1.82) is 0 Å². The molecule has 1 unspecified atom stereocenters. The maximum absolute atomic E-state index is 12.5. The lowest BCUT2D eigenvalue weighted by molar-refractivity contribution is -0.231. The monoisotopic (exact) mass is 288 g/mol. The summed E-state index contributed by atoms with van der Waals surface area (Å²) in [5.74, 6) is 0.178. The maximum atomic E-state index is 12.5. The molecule has 1 rings (SSSR count). The Kier molecular flexibility index (Phi) is 4.90. The van der Waals surface area contributed by atoms with Gasteiger partial charge >= 0.3 is 6.18 Å². The van der Waals surface area contributed by atoms with Crippen LogP contribution in [-0.4, -0.2) is 24.7 Å². The van der Waals surface area contributed by atoms with Gasteiger partial charge in [0.05, 0.1) is 0 Å². The van der Waals surface area contributed by atoms with Crippen molar-refractivity contribution in [2.45, 2.75) is 38.0 Å². The lowest BCUT2D eigenvalue weighted by Gasteiger charge is -2.33. The van der Waals surface area contributed by atoms with Crippen molar-refractivity contribution in [2.75, 3.05) is 12.4 Å². The number of methoxy groups -OCH3 is 1. The topological polar surface area (TPSA) is 9.23 Å². The summed E-state index contributed by atoms with van der Waals surface area (Å²) in [6.45, 7) is 0.